The fourth-order valence-corrected chi connectivity index (χ4v) is 4.45. The number of aromatic amines is 1. The van der Waals surface area contributed by atoms with Crippen molar-refractivity contribution in [2.24, 2.45) is 0 Å². The summed E-state index contributed by atoms with van der Waals surface area (Å²) in [5, 5.41) is 9.41. The number of rotatable bonds is 7. The predicted octanol–water partition coefficient (Wildman–Crippen LogP) is 4.99. The molecule has 0 bridgehead atoms. The summed E-state index contributed by atoms with van der Waals surface area (Å²) in [4.78, 5) is 16.7. The van der Waals surface area contributed by atoms with E-state index in [1.54, 1.807) is 17.4 Å². The third kappa shape index (κ3) is 4.16. The summed E-state index contributed by atoms with van der Waals surface area (Å²) in [6, 6.07) is 17.4. The first-order valence-corrected chi connectivity index (χ1v) is 10.1. The number of pyridine rings is 1. The normalized spacial score (nSPS) is 11.3. The van der Waals surface area contributed by atoms with Crippen LogP contribution < -0.4 is 16.1 Å². The summed E-state index contributed by atoms with van der Waals surface area (Å²) in [5.41, 5.74) is 0.891. The Morgan fingerprint density at radius 3 is 2.78 bits per heavy atom. The Kier molecular flexibility index (Phi) is 5.43. The molecule has 0 spiro atoms. The highest BCUT2D eigenvalue weighted by molar-refractivity contribution is 7.19. The number of para-hydroxylation sites is 1. The Bertz CT molecular complexity index is 1140. The molecule has 4 rings (SSSR count). The number of hydrogen-bond acceptors (Lipinski definition) is 4. The Balaban J connectivity index is 1.26. The van der Waals surface area contributed by atoms with Crippen molar-refractivity contribution in [3.63, 3.8) is 0 Å². The predicted molar refractivity (Wildman–Crippen MR) is 116 cm³/mol. The molecule has 0 aliphatic heterocycles. The standard InChI is InChI=1S/C21H20ClN3OS/c22-17-6-3-8-20-16(17)11-14(27-20)13-23-9-4-10-24-21-12-19(26)15-5-1-2-7-18(15)25-21/h1-3,5-8,11-12,23H,4,9-10,13H2,(H2,24,25,26). The molecule has 2 heterocycles. The van der Waals surface area contributed by atoms with Crippen LogP contribution in [0.25, 0.3) is 21.0 Å². The number of nitrogens with one attached hydrogen (secondary N) is 3. The number of benzene rings is 2. The van der Waals surface area contributed by atoms with E-state index in [9.17, 15) is 4.79 Å². The topological polar surface area (TPSA) is 56.9 Å². The van der Waals surface area contributed by atoms with Crippen molar-refractivity contribution in [2.75, 3.05) is 18.4 Å². The van der Waals surface area contributed by atoms with Crippen LogP contribution in [0.2, 0.25) is 5.02 Å². The molecule has 0 amide bonds. The first-order chi connectivity index (χ1) is 13.2. The summed E-state index contributed by atoms with van der Waals surface area (Å²) in [7, 11) is 0. The van der Waals surface area contributed by atoms with Crippen LogP contribution in [0.15, 0.2) is 59.4 Å². The fraction of sp³-hybridized carbons (Fsp3) is 0.190. The minimum Gasteiger partial charge on any atom is -0.371 e. The van der Waals surface area contributed by atoms with Crippen LogP contribution in [0, 0.1) is 0 Å². The maximum absolute atomic E-state index is 12.1. The average molecular weight is 398 g/mol. The van der Waals surface area contributed by atoms with E-state index < -0.39 is 0 Å². The molecule has 3 N–H and O–H groups in total. The second kappa shape index (κ2) is 8.13. The number of halogens is 1. The van der Waals surface area contributed by atoms with Gasteiger partial charge < -0.3 is 15.6 Å². The van der Waals surface area contributed by atoms with Crippen molar-refractivity contribution < 1.29 is 0 Å². The summed E-state index contributed by atoms with van der Waals surface area (Å²) in [6.07, 6.45) is 0.959. The van der Waals surface area contributed by atoms with Crippen LogP contribution in [-0.4, -0.2) is 18.1 Å². The Morgan fingerprint density at radius 1 is 1.00 bits per heavy atom. The molecule has 0 saturated carbocycles. The first-order valence-electron chi connectivity index (χ1n) is 8.94. The van der Waals surface area contributed by atoms with Crippen LogP contribution >= 0.6 is 22.9 Å². The number of fused-ring (bicyclic) bond motifs is 2. The second-order valence-electron chi connectivity index (χ2n) is 6.41. The van der Waals surface area contributed by atoms with Crippen LogP contribution in [0.3, 0.4) is 0 Å². The van der Waals surface area contributed by atoms with Gasteiger partial charge in [0.25, 0.3) is 0 Å². The monoisotopic (exact) mass is 397 g/mol. The molecule has 4 aromatic rings. The molecular weight excluding hydrogens is 378 g/mol. The highest BCUT2D eigenvalue weighted by atomic mass is 35.5. The minimum atomic E-state index is 0.0356. The van der Waals surface area contributed by atoms with Crippen molar-refractivity contribution in [3.8, 4) is 0 Å². The van der Waals surface area contributed by atoms with Gasteiger partial charge in [0, 0.05) is 44.5 Å². The van der Waals surface area contributed by atoms with E-state index in [0.29, 0.717) is 5.39 Å². The first kappa shape index (κ1) is 18.0. The van der Waals surface area contributed by atoms with E-state index in [2.05, 4.69) is 27.8 Å². The third-order valence-corrected chi connectivity index (χ3v) is 5.87. The molecule has 0 unspecified atom stereocenters. The summed E-state index contributed by atoms with van der Waals surface area (Å²) in [6.45, 7) is 2.52. The van der Waals surface area contributed by atoms with Crippen molar-refractivity contribution >= 4 is 49.7 Å². The lowest BCUT2D eigenvalue weighted by molar-refractivity contribution is 0.668. The van der Waals surface area contributed by atoms with Crippen LogP contribution in [0.1, 0.15) is 11.3 Å². The van der Waals surface area contributed by atoms with Gasteiger partial charge in [0.15, 0.2) is 5.43 Å². The molecule has 138 valence electrons. The van der Waals surface area contributed by atoms with Gasteiger partial charge in [-0.2, -0.15) is 0 Å². The summed E-state index contributed by atoms with van der Waals surface area (Å²) in [5.74, 6) is 0.762. The second-order valence-corrected chi connectivity index (χ2v) is 7.99. The van der Waals surface area contributed by atoms with Gasteiger partial charge in [-0.1, -0.05) is 29.8 Å². The van der Waals surface area contributed by atoms with Gasteiger partial charge in [-0.3, -0.25) is 4.79 Å². The molecule has 6 heteroatoms. The molecular formula is C21H20ClN3OS. The van der Waals surface area contributed by atoms with Crippen molar-refractivity contribution in [2.45, 2.75) is 13.0 Å². The summed E-state index contributed by atoms with van der Waals surface area (Å²) < 4.78 is 1.22. The zero-order valence-corrected chi connectivity index (χ0v) is 16.3. The molecule has 0 aliphatic rings. The van der Waals surface area contributed by atoms with Crippen LogP contribution in [0.4, 0.5) is 5.82 Å². The van der Waals surface area contributed by atoms with E-state index in [1.165, 1.54) is 9.58 Å². The lowest BCUT2D eigenvalue weighted by Gasteiger charge is -2.08. The molecule has 0 saturated heterocycles. The Hall–Kier alpha value is -2.34. The number of H-pyrrole nitrogens is 1. The van der Waals surface area contributed by atoms with Gasteiger partial charge >= 0.3 is 0 Å². The van der Waals surface area contributed by atoms with Gasteiger partial charge in [0.05, 0.1) is 5.52 Å². The van der Waals surface area contributed by atoms with Gasteiger partial charge in [-0.25, -0.2) is 0 Å². The number of aromatic nitrogens is 1. The molecule has 0 aliphatic carbocycles. The molecule has 2 aromatic carbocycles. The van der Waals surface area contributed by atoms with Crippen LogP contribution in [-0.2, 0) is 6.54 Å². The number of anilines is 1. The Morgan fingerprint density at radius 2 is 1.89 bits per heavy atom. The SMILES string of the molecule is O=c1cc(NCCCNCc2cc3c(Cl)cccc3s2)[nH]c2ccccc12. The fourth-order valence-electron chi connectivity index (χ4n) is 3.11. The highest BCUT2D eigenvalue weighted by Crippen LogP contribution is 2.30. The molecule has 4 nitrogen and oxygen atoms in total. The van der Waals surface area contributed by atoms with Crippen molar-refractivity contribution in [3.05, 3.63) is 74.7 Å². The summed E-state index contributed by atoms with van der Waals surface area (Å²) >= 11 is 8.00. The molecule has 0 atom stereocenters. The zero-order valence-electron chi connectivity index (χ0n) is 14.7. The Labute approximate surface area is 166 Å². The van der Waals surface area contributed by atoms with Crippen molar-refractivity contribution in [1.29, 1.82) is 0 Å². The van der Waals surface area contributed by atoms with Gasteiger partial charge in [-0.15, -0.1) is 11.3 Å². The largest absolute Gasteiger partial charge is 0.371 e. The van der Waals surface area contributed by atoms with E-state index >= 15 is 0 Å². The average Bonchev–Trinajstić information content (AvgIpc) is 3.09. The molecule has 0 radical (unpaired) electrons. The quantitative estimate of drug-likeness (QED) is 0.385. The lowest BCUT2D eigenvalue weighted by Crippen LogP contribution is -2.17. The molecule has 27 heavy (non-hydrogen) atoms. The minimum absolute atomic E-state index is 0.0356. The van der Waals surface area contributed by atoms with E-state index in [-0.39, 0.29) is 5.43 Å². The maximum atomic E-state index is 12.1. The van der Waals surface area contributed by atoms with E-state index in [0.717, 1.165) is 47.8 Å². The van der Waals surface area contributed by atoms with Gasteiger partial charge in [0.1, 0.15) is 5.82 Å². The maximum Gasteiger partial charge on any atom is 0.191 e. The lowest BCUT2D eigenvalue weighted by atomic mass is 10.2. The van der Waals surface area contributed by atoms with E-state index in [4.69, 9.17) is 11.6 Å². The van der Waals surface area contributed by atoms with Crippen molar-refractivity contribution in [1.82, 2.24) is 10.3 Å². The number of thiophene rings is 1. The van der Waals surface area contributed by atoms with Gasteiger partial charge in [-0.05, 0) is 43.3 Å². The third-order valence-electron chi connectivity index (χ3n) is 4.44. The highest BCUT2D eigenvalue weighted by Gasteiger charge is 2.04. The van der Waals surface area contributed by atoms with Gasteiger partial charge in [0.2, 0.25) is 0 Å². The number of hydrogen-bond donors (Lipinski definition) is 3. The van der Waals surface area contributed by atoms with Crippen LogP contribution in [0.5, 0.6) is 0 Å². The molecule has 0 fully saturated rings. The zero-order chi connectivity index (χ0) is 18.6. The smallest absolute Gasteiger partial charge is 0.191 e. The molecule has 2 aromatic heterocycles. The van der Waals surface area contributed by atoms with E-state index in [1.807, 2.05) is 36.4 Å².